The van der Waals surface area contributed by atoms with E-state index in [0.717, 1.165) is 0 Å². The largest absolute Gasteiger partial charge is 0.0622 e. The van der Waals surface area contributed by atoms with Crippen molar-refractivity contribution in [3.8, 4) is 44.5 Å². The Morgan fingerprint density at radius 1 is 0.155 bits per heavy atom. The first kappa shape index (κ1) is 32.7. The summed E-state index contributed by atoms with van der Waals surface area (Å²) in [5, 5.41) is 17.7. The highest BCUT2D eigenvalue weighted by molar-refractivity contribution is 6.24. The van der Waals surface area contributed by atoms with E-state index in [4.69, 9.17) is 0 Å². The molecule has 0 amide bonds. The van der Waals surface area contributed by atoms with Crippen molar-refractivity contribution in [1.82, 2.24) is 0 Å². The van der Waals surface area contributed by atoms with Gasteiger partial charge < -0.3 is 0 Å². The molecule has 0 aromatic heterocycles. The third-order valence-electron chi connectivity index (χ3n) is 12.4. The zero-order chi connectivity index (χ0) is 38.2. The Labute approximate surface area is 336 Å². The van der Waals surface area contributed by atoms with Crippen LogP contribution in [0.3, 0.4) is 0 Å². The molecule has 0 radical (unpaired) electrons. The van der Waals surface area contributed by atoms with Crippen LogP contribution >= 0.6 is 0 Å². The minimum absolute atomic E-state index is 1.23. The van der Waals surface area contributed by atoms with Crippen LogP contribution in [0, 0.1) is 0 Å². The summed E-state index contributed by atoms with van der Waals surface area (Å²) >= 11 is 0. The van der Waals surface area contributed by atoms with Crippen LogP contribution in [0.1, 0.15) is 0 Å². The van der Waals surface area contributed by atoms with Gasteiger partial charge in [0.2, 0.25) is 0 Å². The fourth-order valence-electron chi connectivity index (χ4n) is 9.81. The fourth-order valence-corrected chi connectivity index (χ4v) is 9.81. The van der Waals surface area contributed by atoms with Gasteiger partial charge in [0.1, 0.15) is 0 Å². The lowest BCUT2D eigenvalue weighted by Crippen LogP contribution is -1.92. The molecule has 0 heterocycles. The molecule has 58 heavy (non-hydrogen) atoms. The maximum Gasteiger partial charge on any atom is -0.00261 e. The molecule has 0 aliphatic rings. The van der Waals surface area contributed by atoms with E-state index in [-0.39, 0.29) is 0 Å². The van der Waals surface area contributed by atoms with E-state index >= 15 is 0 Å². The molecule has 0 spiro atoms. The predicted molar refractivity (Wildman–Crippen MR) is 251 cm³/mol. The second-order valence-corrected chi connectivity index (χ2v) is 15.5. The number of benzene rings is 12. The Bertz CT molecular complexity index is 3500. The highest BCUT2D eigenvalue weighted by Gasteiger charge is 2.19. The number of fused-ring (bicyclic) bond motifs is 8. The summed E-state index contributed by atoms with van der Waals surface area (Å²) in [7, 11) is 0. The molecule has 0 atom stereocenters. The van der Waals surface area contributed by atoms with Gasteiger partial charge in [-0.3, -0.25) is 0 Å². The third-order valence-corrected chi connectivity index (χ3v) is 12.4. The van der Waals surface area contributed by atoms with Gasteiger partial charge in [0.15, 0.2) is 0 Å². The van der Waals surface area contributed by atoms with Gasteiger partial charge in [-0.25, -0.2) is 0 Å². The molecule has 0 bridgehead atoms. The van der Waals surface area contributed by atoms with Crippen molar-refractivity contribution in [2.75, 3.05) is 0 Å². The van der Waals surface area contributed by atoms with E-state index in [9.17, 15) is 0 Å². The average Bonchev–Trinajstić information content (AvgIpc) is 3.29. The summed E-state index contributed by atoms with van der Waals surface area (Å²) in [5.41, 5.74) is 10.1. The van der Waals surface area contributed by atoms with Crippen LogP contribution in [-0.4, -0.2) is 0 Å². The first-order chi connectivity index (χ1) is 28.8. The van der Waals surface area contributed by atoms with Crippen molar-refractivity contribution in [2.45, 2.75) is 0 Å². The van der Waals surface area contributed by atoms with Crippen molar-refractivity contribution >= 4 is 75.4 Å². The fraction of sp³-hybridized carbons (Fsp3) is 0. The highest BCUT2D eigenvalue weighted by atomic mass is 14.2. The van der Waals surface area contributed by atoms with E-state index in [0.29, 0.717) is 0 Å². The SMILES string of the molecule is c1ccc(-c2c3ccccc3c(-c3ccc4ccc5ccc(-c6c7ccccc7c(-c7ccc8ccccc8c7)c7ccccc67)cc5c4c3)c3ccccc23)cc1. The molecule has 268 valence electrons. The summed E-state index contributed by atoms with van der Waals surface area (Å²) in [4.78, 5) is 0. The second kappa shape index (κ2) is 13.0. The third kappa shape index (κ3) is 5.02. The second-order valence-electron chi connectivity index (χ2n) is 15.5. The smallest absolute Gasteiger partial charge is 0.00261 e. The molecule has 0 N–H and O–H groups in total. The van der Waals surface area contributed by atoms with Crippen molar-refractivity contribution < 1.29 is 0 Å². The normalized spacial score (nSPS) is 11.8. The van der Waals surface area contributed by atoms with E-state index < -0.39 is 0 Å². The van der Waals surface area contributed by atoms with E-state index in [1.54, 1.807) is 0 Å². The molecule has 0 unspecified atom stereocenters. The lowest BCUT2D eigenvalue weighted by Gasteiger charge is -2.19. The van der Waals surface area contributed by atoms with Gasteiger partial charge in [0, 0.05) is 0 Å². The highest BCUT2D eigenvalue weighted by Crippen LogP contribution is 2.47. The summed E-state index contributed by atoms with van der Waals surface area (Å²) in [5.74, 6) is 0. The van der Waals surface area contributed by atoms with Crippen LogP contribution < -0.4 is 0 Å². The first-order valence-corrected chi connectivity index (χ1v) is 20.2. The van der Waals surface area contributed by atoms with Gasteiger partial charge in [-0.05, 0) is 138 Å². The molecule has 0 aliphatic carbocycles. The predicted octanol–water partition coefficient (Wildman–Crippen LogP) is 16.4. The molecule has 0 nitrogen and oxygen atoms in total. The van der Waals surface area contributed by atoms with Crippen LogP contribution in [0.2, 0.25) is 0 Å². The van der Waals surface area contributed by atoms with Crippen LogP contribution in [0.5, 0.6) is 0 Å². The summed E-state index contributed by atoms with van der Waals surface area (Å²) < 4.78 is 0. The zero-order valence-electron chi connectivity index (χ0n) is 31.8. The minimum Gasteiger partial charge on any atom is -0.0622 e. The molecule has 12 aromatic carbocycles. The van der Waals surface area contributed by atoms with E-state index in [1.807, 2.05) is 0 Å². The maximum atomic E-state index is 2.44. The minimum atomic E-state index is 1.23. The molecule has 0 heteroatoms. The van der Waals surface area contributed by atoms with Crippen molar-refractivity contribution in [2.24, 2.45) is 0 Å². The maximum absolute atomic E-state index is 2.44. The van der Waals surface area contributed by atoms with Gasteiger partial charge >= 0.3 is 0 Å². The standard InChI is InChI=1S/C58H36/c1-2-15-40(16-3-1)55-45-18-6-8-20-47(45)57(48-21-9-7-19-46(48)55)43-32-29-38-27-28-39-30-33-44(36-54(39)53(38)35-43)58-51-24-12-10-22-49(51)56(50-23-11-13-25-52(50)58)42-31-26-37-14-4-5-17-41(37)34-42/h1-36H. The average molecular weight is 733 g/mol. The van der Waals surface area contributed by atoms with Crippen LogP contribution in [0.15, 0.2) is 218 Å². The van der Waals surface area contributed by atoms with Gasteiger partial charge in [0.05, 0.1) is 0 Å². The molecule has 0 aliphatic heterocycles. The van der Waals surface area contributed by atoms with Gasteiger partial charge in [-0.1, -0.05) is 200 Å². The number of hydrogen-bond acceptors (Lipinski definition) is 0. The van der Waals surface area contributed by atoms with E-state index in [1.165, 1.54) is 120 Å². The lowest BCUT2D eigenvalue weighted by atomic mass is 9.84. The Morgan fingerprint density at radius 2 is 0.448 bits per heavy atom. The zero-order valence-corrected chi connectivity index (χ0v) is 31.8. The van der Waals surface area contributed by atoms with Crippen molar-refractivity contribution in [1.29, 1.82) is 0 Å². The molecular formula is C58H36. The van der Waals surface area contributed by atoms with E-state index in [2.05, 4.69) is 218 Å². The lowest BCUT2D eigenvalue weighted by molar-refractivity contribution is 1.66. The summed E-state index contributed by atoms with van der Waals surface area (Å²) in [6, 6.07) is 80.9. The Kier molecular flexibility index (Phi) is 7.33. The number of hydrogen-bond donors (Lipinski definition) is 0. The van der Waals surface area contributed by atoms with Crippen LogP contribution in [0.25, 0.3) is 120 Å². The molecule has 12 rings (SSSR count). The quantitative estimate of drug-likeness (QED) is 0.125. The summed E-state index contributed by atoms with van der Waals surface area (Å²) in [6.45, 7) is 0. The van der Waals surface area contributed by atoms with Crippen LogP contribution in [0.4, 0.5) is 0 Å². The van der Waals surface area contributed by atoms with Gasteiger partial charge in [-0.15, -0.1) is 0 Å². The Morgan fingerprint density at radius 3 is 0.862 bits per heavy atom. The molecule has 12 aromatic rings. The van der Waals surface area contributed by atoms with Crippen molar-refractivity contribution in [3.05, 3.63) is 218 Å². The van der Waals surface area contributed by atoms with Crippen LogP contribution in [-0.2, 0) is 0 Å². The topological polar surface area (TPSA) is 0 Å². The summed E-state index contributed by atoms with van der Waals surface area (Å²) in [6.07, 6.45) is 0. The number of rotatable bonds is 4. The molecule has 0 saturated carbocycles. The molecular weight excluding hydrogens is 697 g/mol. The molecule has 0 saturated heterocycles. The van der Waals surface area contributed by atoms with Crippen molar-refractivity contribution in [3.63, 3.8) is 0 Å². The Balaban J connectivity index is 1.11. The first-order valence-electron chi connectivity index (χ1n) is 20.2. The monoisotopic (exact) mass is 732 g/mol. The van der Waals surface area contributed by atoms with Gasteiger partial charge in [-0.2, -0.15) is 0 Å². The van der Waals surface area contributed by atoms with Gasteiger partial charge in [0.25, 0.3) is 0 Å². The Hall–Kier alpha value is -7.54. The molecule has 0 fully saturated rings.